The Bertz CT molecular complexity index is 1340. The van der Waals surface area contributed by atoms with Gasteiger partial charge in [-0.25, -0.2) is 0 Å². The molecule has 34 heavy (non-hydrogen) atoms. The van der Waals surface area contributed by atoms with Crippen molar-refractivity contribution in [2.75, 3.05) is 19.1 Å². The Kier molecular flexibility index (Phi) is 6.69. The van der Waals surface area contributed by atoms with E-state index >= 15 is 0 Å². The summed E-state index contributed by atoms with van der Waals surface area (Å²) in [4.78, 5) is 28.1. The number of hydrogen-bond acceptors (Lipinski definition) is 7. The molecule has 0 radical (unpaired) electrons. The number of hydrogen-bond donors (Lipinski definition) is 2. The minimum atomic E-state index is -1.06. The van der Waals surface area contributed by atoms with Crippen molar-refractivity contribution in [2.45, 2.75) is 6.04 Å². The third-order valence-corrected chi connectivity index (χ3v) is 7.03. The molecule has 1 aromatic heterocycles. The Balaban J connectivity index is 2.02. The highest BCUT2D eigenvalue weighted by Gasteiger charge is 2.48. The van der Waals surface area contributed by atoms with Crippen molar-refractivity contribution < 1.29 is 29.3 Å². The number of phenolic OH excluding ortho intramolecular Hbond substituents is 1. The molecular formula is C23H16Cl3NO6S. The maximum atomic E-state index is 13.2. The summed E-state index contributed by atoms with van der Waals surface area (Å²) in [5.41, 5.74) is -0.222. The van der Waals surface area contributed by atoms with Crippen LogP contribution in [-0.4, -0.2) is 36.1 Å². The SMILES string of the molecule is COc1c(Cl)cc(/C(O)=C2/C(=O)C(=O)N(c3cc(Cl)ccc3O)C2c2cccs2)c(OC)c1Cl. The van der Waals surface area contributed by atoms with E-state index in [1.165, 1.54) is 49.8 Å². The second-order valence-electron chi connectivity index (χ2n) is 7.10. The van der Waals surface area contributed by atoms with Gasteiger partial charge in [-0.05, 0) is 35.7 Å². The summed E-state index contributed by atoms with van der Waals surface area (Å²) in [7, 11) is 2.69. The molecule has 1 unspecified atom stereocenters. The zero-order valence-corrected chi connectivity index (χ0v) is 20.7. The van der Waals surface area contributed by atoms with Crippen LogP contribution in [0.2, 0.25) is 15.1 Å². The van der Waals surface area contributed by atoms with Crippen LogP contribution in [0.15, 0.2) is 47.4 Å². The smallest absolute Gasteiger partial charge is 0.300 e. The summed E-state index contributed by atoms with van der Waals surface area (Å²) in [5, 5.41) is 23.9. The molecule has 1 aliphatic heterocycles. The van der Waals surface area contributed by atoms with E-state index in [0.29, 0.717) is 4.88 Å². The predicted molar refractivity (Wildman–Crippen MR) is 132 cm³/mol. The molecule has 0 bridgehead atoms. The minimum absolute atomic E-state index is 0.00199. The summed E-state index contributed by atoms with van der Waals surface area (Å²) in [6.45, 7) is 0. The minimum Gasteiger partial charge on any atom is -0.507 e. The number of aliphatic hydroxyl groups is 1. The number of ether oxygens (including phenoxy) is 2. The van der Waals surface area contributed by atoms with Crippen molar-refractivity contribution in [3.8, 4) is 17.2 Å². The third-order valence-electron chi connectivity index (χ3n) is 5.25. The lowest BCUT2D eigenvalue weighted by Gasteiger charge is -2.25. The molecule has 3 aromatic rings. The molecule has 1 aliphatic rings. The summed E-state index contributed by atoms with van der Waals surface area (Å²) in [5.74, 6) is -2.62. The van der Waals surface area contributed by atoms with E-state index in [2.05, 4.69) is 0 Å². The predicted octanol–water partition coefficient (Wildman–Crippen LogP) is 6.06. The Hall–Kier alpha value is -2.91. The van der Waals surface area contributed by atoms with Crippen molar-refractivity contribution in [2.24, 2.45) is 0 Å². The van der Waals surface area contributed by atoms with Crippen molar-refractivity contribution >= 4 is 69.3 Å². The molecule has 1 saturated heterocycles. The highest BCUT2D eigenvalue weighted by Crippen LogP contribution is 2.49. The average Bonchev–Trinajstić information content (AvgIpc) is 3.42. The monoisotopic (exact) mass is 539 g/mol. The number of aliphatic hydroxyl groups excluding tert-OH is 1. The normalized spacial score (nSPS) is 17.3. The first-order valence-electron chi connectivity index (χ1n) is 9.64. The third kappa shape index (κ3) is 3.86. The van der Waals surface area contributed by atoms with Crippen molar-refractivity contribution in [1.82, 2.24) is 0 Å². The van der Waals surface area contributed by atoms with Gasteiger partial charge in [0, 0.05) is 9.90 Å². The van der Waals surface area contributed by atoms with Gasteiger partial charge in [0.15, 0.2) is 11.5 Å². The molecule has 4 rings (SSSR count). The number of rotatable bonds is 5. The summed E-state index contributed by atoms with van der Waals surface area (Å²) in [6, 6.07) is 7.83. The lowest BCUT2D eigenvalue weighted by Crippen LogP contribution is -2.29. The molecule has 1 fully saturated rings. The largest absolute Gasteiger partial charge is 0.507 e. The fourth-order valence-electron chi connectivity index (χ4n) is 3.78. The number of Topliss-reactive ketones (excluding diaryl/α,β-unsaturated/α-hetero) is 1. The molecule has 0 aliphatic carbocycles. The van der Waals surface area contributed by atoms with Gasteiger partial charge in [0.1, 0.15) is 22.6 Å². The van der Waals surface area contributed by atoms with Crippen LogP contribution in [0.25, 0.3) is 5.76 Å². The van der Waals surface area contributed by atoms with Gasteiger partial charge in [-0.15, -0.1) is 11.3 Å². The Labute approximate surface area is 213 Å². The lowest BCUT2D eigenvalue weighted by molar-refractivity contribution is -0.132. The summed E-state index contributed by atoms with van der Waals surface area (Å²) < 4.78 is 10.5. The van der Waals surface area contributed by atoms with Gasteiger partial charge in [-0.1, -0.05) is 40.9 Å². The van der Waals surface area contributed by atoms with Crippen molar-refractivity contribution in [3.05, 3.63) is 72.9 Å². The number of thiophene rings is 1. The van der Waals surface area contributed by atoms with Crippen LogP contribution in [0.3, 0.4) is 0 Å². The summed E-state index contributed by atoms with van der Waals surface area (Å²) >= 11 is 20.0. The van der Waals surface area contributed by atoms with Crippen LogP contribution in [0, 0.1) is 0 Å². The number of benzene rings is 2. The number of amides is 1. The van der Waals surface area contributed by atoms with Crippen LogP contribution in [0.5, 0.6) is 17.2 Å². The zero-order valence-electron chi connectivity index (χ0n) is 17.6. The molecule has 2 heterocycles. The zero-order chi connectivity index (χ0) is 24.7. The standard InChI is InChI=1S/C23H16Cl3NO6S/c1-32-21-11(9-12(25)22(33-2)17(21)26)19(29)16-18(15-4-3-7-34-15)27(23(31)20(16)30)13-8-10(24)5-6-14(13)28/h3-9,18,28-29H,1-2H3/b19-16-. The number of carbonyl (C=O) groups excluding carboxylic acids is 2. The quantitative estimate of drug-likeness (QED) is 0.232. The van der Waals surface area contributed by atoms with Crippen molar-refractivity contribution in [1.29, 1.82) is 0 Å². The van der Waals surface area contributed by atoms with Crippen molar-refractivity contribution in [3.63, 3.8) is 0 Å². The van der Waals surface area contributed by atoms with E-state index in [1.807, 2.05) is 0 Å². The molecule has 7 nitrogen and oxygen atoms in total. The van der Waals surface area contributed by atoms with Crippen LogP contribution >= 0.6 is 46.1 Å². The maximum absolute atomic E-state index is 13.2. The molecule has 2 N–H and O–H groups in total. The van der Waals surface area contributed by atoms with E-state index in [-0.39, 0.29) is 49.1 Å². The number of halogens is 3. The van der Waals surface area contributed by atoms with Crippen LogP contribution in [0.4, 0.5) is 5.69 Å². The van der Waals surface area contributed by atoms with E-state index in [1.54, 1.807) is 17.5 Å². The van der Waals surface area contributed by atoms with E-state index < -0.39 is 23.5 Å². The highest BCUT2D eigenvalue weighted by molar-refractivity contribution is 7.10. The number of phenols is 1. The topological polar surface area (TPSA) is 96.3 Å². The fraction of sp³-hybridized carbons (Fsp3) is 0.130. The van der Waals surface area contributed by atoms with E-state index in [9.17, 15) is 19.8 Å². The number of methoxy groups -OCH3 is 2. The van der Waals surface area contributed by atoms with Gasteiger partial charge in [0.2, 0.25) is 0 Å². The molecule has 11 heteroatoms. The number of carbonyl (C=O) groups is 2. The molecule has 1 atom stereocenters. The number of anilines is 1. The second-order valence-corrected chi connectivity index (χ2v) is 9.30. The molecule has 0 spiro atoms. The van der Waals surface area contributed by atoms with Gasteiger partial charge < -0.3 is 19.7 Å². The second kappa shape index (κ2) is 9.38. The Morgan fingerprint density at radius 2 is 1.76 bits per heavy atom. The van der Waals surface area contributed by atoms with Gasteiger partial charge in [0.25, 0.3) is 11.7 Å². The molecule has 1 amide bonds. The first kappa shape index (κ1) is 24.2. The summed E-state index contributed by atoms with van der Waals surface area (Å²) in [6.07, 6.45) is 0. The number of ketones is 1. The first-order chi connectivity index (χ1) is 16.2. The Morgan fingerprint density at radius 1 is 1.06 bits per heavy atom. The van der Waals surface area contributed by atoms with Crippen LogP contribution < -0.4 is 14.4 Å². The fourth-order valence-corrected chi connectivity index (χ4v) is 5.46. The maximum Gasteiger partial charge on any atom is 0.300 e. The van der Waals surface area contributed by atoms with E-state index in [0.717, 1.165) is 4.90 Å². The number of nitrogens with zero attached hydrogens (tertiary/aromatic N) is 1. The van der Waals surface area contributed by atoms with Gasteiger partial charge in [-0.2, -0.15) is 0 Å². The lowest BCUT2D eigenvalue weighted by atomic mass is 9.99. The number of aromatic hydroxyl groups is 1. The highest BCUT2D eigenvalue weighted by atomic mass is 35.5. The Morgan fingerprint density at radius 3 is 2.38 bits per heavy atom. The molecular weight excluding hydrogens is 525 g/mol. The molecule has 176 valence electrons. The molecule has 2 aromatic carbocycles. The van der Waals surface area contributed by atoms with Gasteiger partial charge >= 0.3 is 0 Å². The molecule has 0 saturated carbocycles. The van der Waals surface area contributed by atoms with Crippen LogP contribution in [-0.2, 0) is 9.59 Å². The van der Waals surface area contributed by atoms with Gasteiger partial charge in [0.05, 0.1) is 36.1 Å². The average molecular weight is 541 g/mol. The van der Waals surface area contributed by atoms with E-state index in [4.69, 9.17) is 44.3 Å². The first-order valence-corrected chi connectivity index (χ1v) is 11.7. The van der Waals surface area contributed by atoms with Gasteiger partial charge in [-0.3, -0.25) is 14.5 Å². The van der Waals surface area contributed by atoms with Crippen LogP contribution in [0.1, 0.15) is 16.5 Å².